The van der Waals surface area contributed by atoms with Gasteiger partial charge in [0.25, 0.3) is 0 Å². The zero-order chi connectivity index (χ0) is 14.2. The van der Waals surface area contributed by atoms with Crippen molar-refractivity contribution < 1.29 is 8.42 Å². The molecule has 2 aliphatic rings. The van der Waals surface area contributed by atoms with Gasteiger partial charge in [0.1, 0.15) is 10.7 Å². The lowest BCUT2D eigenvalue weighted by atomic mass is 9.77. The first-order valence-electron chi connectivity index (χ1n) is 7.23. The van der Waals surface area contributed by atoms with E-state index in [0.29, 0.717) is 11.2 Å². The molecular weight excluding hydrogens is 274 g/mol. The van der Waals surface area contributed by atoms with E-state index in [1.807, 2.05) is 0 Å². The molecule has 1 saturated carbocycles. The maximum absolute atomic E-state index is 11.7. The molecule has 0 aromatic carbocycles. The van der Waals surface area contributed by atoms with E-state index in [4.69, 9.17) is 5.14 Å². The second kappa shape index (κ2) is 5.00. The summed E-state index contributed by atoms with van der Waals surface area (Å²) in [5.41, 5.74) is 0.507. The van der Waals surface area contributed by atoms with Gasteiger partial charge < -0.3 is 4.90 Å². The van der Waals surface area contributed by atoms with Gasteiger partial charge in [-0.05, 0) is 43.2 Å². The third-order valence-electron chi connectivity index (χ3n) is 4.85. The fourth-order valence-corrected chi connectivity index (χ4v) is 4.36. The van der Waals surface area contributed by atoms with Crippen molar-refractivity contribution in [2.45, 2.75) is 43.4 Å². The van der Waals surface area contributed by atoms with Crippen molar-refractivity contribution in [3.05, 3.63) is 18.3 Å². The Balaban J connectivity index is 1.82. The summed E-state index contributed by atoms with van der Waals surface area (Å²) in [4.78, 5) is 6.46. The van der Waals surface area contributed by atoms with Gasteiger partial charge in [0.05, 0.1) is 0 Å². The highest BCUT2D eigenvalue weighted by atomic mass is 32.2. The van der Waals surface area contributed by atoms with Gasteiger partial charge in [-0.3, -0.25) is 0 Å². The molecule has 110 valence electrons. The van der Waals surface area contributed by atoms with Crippen molar-refractivity contribution in [2.24, 2.45) is 10.6 Å². The average Bonchev–Trinajstić information content (AvgIpc) is 2.87. The number of primary sulfonamides is 1. The number of hydrogen-bond donors (Lipinski definition) is 1. The lowest BCUT2D eigenvalue weighted by molar-refractivity contribution is 0.225. The van der Waals surface area contributed by atoms with Crippen LogP contribution in [0.2, 0.25) is 0 Å². The van der Waals surface area contributed by atoms with Crippen LogP contribution in [-0.4, -0.2) is 26.5 Å². The topological polar surface area (TPSA) is 76.3 Å². The molecule has 20 heavy (non-hydrogen) atoms. The van der Waals surface area contributed by atoms with Crippen LogP contribution in [0.5, 0.6) is 0 Å². The highest BCUT2D eigenvalue weighted by Crippen LogP contribution is 2.46. The van der Waals surface area contributed by atoms with Crippen molar-refractivity contribution in [1.82, 2.24) is 4.98 Å². The smallest absolute Gasteiger partial charge is 0.241 e. The Morgan fingerprint density at radius 2 is 1.80 bits per heavy atom. The lowest BCUT2D eigenvalue weighted by Gasteiger charge is -2.40. The quantitative estimate of drug-likeness (QED) is 0.904. The molecule has 1 spiro atoms. The Bertz CT molecular complexity index is 584. The maximum Gasteiger partial charge on any atom is 0.241 e. The minimum absolute atomic E-state index is 0.141. The van der Waals surface area contributed by atoms with E-state index in [0.717, 1.165) is 25.9 Å². The number of piperidine rings is 1. The van der Waals surface area contributed by atoms with E-state index in [2.05, 4.69) is 9.88 Å². The first-order valence-corrected chi connectivity index (χ1v) is 8.78. The Morgan fingerprint density at radius 3 is 2.40 bits per heavy atom. The Labute approximate surface area is 120 Å². The molecule has 0 bridgehead atoms. The summed E-state index contributed by atoms with van der Waals surface area (Å²) in [6.45, 7) is 1.75. The van der Waals surface area contributed by atoms with E-state index < -0.39 is 10.0 Å². The van der Waals surface area contributed by atoms with Crippen LogP contribution in [0.1, 0.15) is 38.5 Å². The van der Waals surface area contributed by atoms with Crippen molar-refractivity contribution in [2.75, 3.05) is 18.0 Å². The molecule has 5 nitrogen and oxygen atoms in total. The van der Waals surface area contributed by atoms with Crippen LogP contribution in [0.25, 0.3) is 0 Å². The van der Waals surface area contributed by atoms with Crippen LogP contribution >= 0.6 is 0 Å². The summed E-state index contributed by atoms with van der Waals surface area (Å²) in [6.07, 6.45) is 9.22. The average molecular weight is 295 g/mol. The Kier molecular flexibility index (Phi) is 3.46. The van der Waals surface area contributed by atoms with Gasteiger partial charge in [0.2, 0.25) is 10.0 Å². The van der Waals surface area contributed by atoms with Gasteiger partial charge in [-0.25, -0.2) is 18.5 Å². The minimum atomic E-state index is -3.71. The number of hydrogen-bond acceptors (Lipinski definition) is 4. The van der Waals surface area contributed by atoms with Crippen LogP contribution in [-0.2, 0) is 10.0 Å². The van der Waals surface area contributed by atoms with Crippen LogP contribution in [0.3, 0.4) is 0 Å². The molecule has 6 heteroatoms. The molecule has 1 aliphatic heterocycles. The molecule has 1 aliphatic carbocycles. The van der Waals surface area contributed by atoms with Gasteiger partial charge in [-0.15, -0.1) is 0 Å². The number of nitrogens with two attached hydrogens (primary N) is 1. The number of aromatic nitrogens is 1. The SMILES string of the molecule is NS(=O)(=O)c1cccnc1N1CCC2(CCCC2)CC1. The third kappa shape index (κ3) is 2.54. The van der Waals surface area contributed by atoms with E-state index in [-0.39, 0.29) is 4.90 Å². The van der Waals surface area contributed by atoms with Gasteiger partial charge in [-0.1, -0.05) is 12.8 Å². The third-order valence-corrected chi connectivity index (χ3v) is 5.78. The van der Waals surface area contributed by atoms with E-state index in [1.165, 1.54) is 31.7 Å². The molecular formula is C14H21N3O2S. The number of pyridine rings is 1. The minimum Gasteiger partial charge on any atom is -0.355 e. The Morgan fingerprint density at radius 1 is 1.15 bits per heavy atom. The molecule has 3 rings (SSSR count). The highest BCUT2D eigenvalue weighted by molar-refractivity contribution is 7.89. The summed E-state index contributed by atoms with van der Waals surface area (Å²) in [5.74, 6) is 0.517. The molecule has 2 fully saturated rings. The second-order valence-electron chi connectivity index (χ2n) is 6.06. The first-order chi connectivity index (χ1) is 9.50. The van der Waals surface area contributed by atoms with Gasteiger partial charge >= 0.3 is 0 Å². The molecule has 0 atom stereocenters. The molecule has 2 heterocycles. The zero-order valence-electron chi connectivity index (χ0n) is 11.6. The van der Waals surface area contributed by atoms with E-state index in [9.17, 15) is 8.42 Å². The fourth-order valence-electron chi connectivity index (χ4n) is 3.66. The van der Waals surface area contributed by atoms with Crippen molar-refractivity contribution >= 4 is 15.8 Å². The molecule has 0 radical (unpaired) electrons. The van der Waals surface area contributed by atoms with Gasteiger partial charge in [0, 0.05) is 19.3 Å². The predicted molar refractivity (Wildman–Crippen MR) is 78.0 cm³/mol. The highest BCUT2D eigenvalue weighted by Gasteiger charge is 2.37. The summed E-state index contributed by atoms with van der Waals surface area (Å²) >= 11 is 0. The maximum atomic E-state index is 11.7. The monoisotopic (exact) mass is 295 g/mol. The van der Waals surface area contributed by atoms with Gasteiger partial charge in [0.15, 0.2) is 0 Å². The summed E-state index contributed by atoms with van der Waals surface area (Å²) in [6, 6.07) is 3.16. The largest absolute Gasteiger partial charge is 0.355 e. The number of nitrogens with zero attached hydrogens (tertiary/aromatic N) is 2. The number of rotatable bonds is 2. The van der Waals surface area contributed by atoms with Crippen LogP contribution in [0.15, 0.2) is 23.2 Å². The van der Waals surface area contributed by atoms with Crippen molar-refractivity contribution in [3.8, 4) is 0 Å². The van der Waals surface area contributed by atoms with Gasteiger partial charge in [-0.2, -0.15) is 0 Å². The van der Waals surface area contributed by atoms with Crippen LogP contribution in [0.4, 0.5) is 5.82 Å². The second-order valence-corrected chi connectivity index (χ2v) is 7.59. The summed E-state index contributed by atoms with van der Waals surface area (Å²) < 4.78 is 23.3. The van der Waals surface area contributed by atoms with Crippen molar-refractivity contribution in [1.29, 1.82) is 0 Å². The standard InChI is InChI=1S/C14H21N3O2S/c15-20(18,19)12-4-3-9-16-13(12)17-10-7-14(8-11-17)5-1-2-6-14/h3-4,9H,1-2,5-8,10-11H2,(H2,15,18,19). The van der Waals surface area contributed by atoms with Crippen LogP contribution in [0, 0.1) is 5.41 Å². The molecule has 1 aromatic rings. The molecule has 0 amide bonds. The summed E-state index contributed by atoms with van der Waals surface area (Å²) in [7, 11) is -3.71. The van der Waals surface area contributed by atoms with Crippen LogP contribution < -0.4 is 10.0 Å². The zero-order valence-corrected chi connectivity index (χ0v) is 12.4. The Hall–Kier alpha value is -1.14. The molecule has 1 saturated heterocycles. The fraction of sp³-hybridized carbons (Fsp3) is 0.643. The predicted octanol–water partition coefficient (Wildman–Crippen LogP) is 1.89. The molecule has 1 aromatic heterocycles. The number of anilines is 1. The first kappa shape index (κ1) is 13.8. The normalized spacial score (nSPS) is 22.4. The lowest BCUT2D eigenvalue weighted by Crippen LogP contribution is -2.40. The molecule has 2 N–H and O–H groups in total. The molecule has 0 unspecified atom stereocenters. The summed E-state index contributed by atoms with van der Waals surface area (Å²) in [5, 5.41) is 5.29. The number of sulfonamides is 1. The van der Waals surface area contributed by atoms with E-state index >= 15 is 0 Å². The van der Waals surface area contributed by atoms with E-state index in [1.54, 1.807) is 12.3 Å². The van der Waals surface area contributed by atoms with Crippen molar-refractivity contribution in [3.63, 3.8) is 0 Å².